The van der Waals surface area contributed by atoms with E-state index in [1.165, 1.54) is 231 Å². The molecule has 0 spiro atoms. The maximum Gasteiger partial charge on any atom is 0.249 e. The van der Waals surface area contributed by atoms with Gasteiger partial charge in [-0.25, -0.2) is 0 Å². The van der Waals surface area contributed by atoms with E-state index < -0.39 is 36.9 Å². The minimum absolute atomic E-state index is 0.368. The highest BCUT2D eigenvalue weighted by Crippen LogP contribution is 2.18. The molecule has 0 aromatic carbocycles. The monoisotopic (exact) mass is 850 g/mol. The summed E-state index contributed by atoms with van der Waals surface area (Å²) in [7, 11) is 0. The molecule has 0 aromatic rings. The van der Waals surface area contributed by atoms with E-state index in [-0.39, 0.29) is 0 Å². The first-order chi connectivity index (χ1) is 29.5. The van der Waals surface area contributed by atoms with Crippen LogP contribution in [-0.4, -0.2) is 57.3 Å². The topological polar surface area (TPSA) is 110 Å². The van der Waals surface area contributed by atoms with Gasteiger partial charge in [-0.05, 0) is 38.5 Å². The molecule has 60 heavy (non-hydrogen) atoms. The van der Waals surface area contributed by atoms with Crippen LogP contribution in [0.1, 0.15) is 296 Å². The Hall–Kier alpha value is -0.950. The SMILES string of the molecule is CCCCCCCCCCCCCCCCCCCCCCC/C=C/CCCC(O)C(O)C(CO)NC(=O)C(O)CCCCCCCCCCCCCCCCCCCC. The Labute approximate surface area is 374 Å². The van der Waals surface area contributed by atoms with E-state index in [9.17, 15) is 25.2 Å². The van der Waals surface area contributed by atoms with Crippen molar-refractivity contribution in [2.24, 2.45) is 0 Å². The van der Waals surface area contributed by atoms with Gasteiger partial charge in [-0.3, -0.25) is 4.79 Å². The molecule has 0 fully saturated rings. The van der Waals surface area contributed by atoms with Gasteiger partial charge < -0.3 is 25.7 Å². The normalized spacial score (nSPS) is 13.9. The number of nitrogens with one attached hydrogen (secondary N) is 1. The molecular weight excluding hydrogens is 743 g/mol. The molecular formula is C54H107NO5. The van der Waals surface area contributed by atoms with Gasteiger partial charge in [0, 0.05) is 0 Å². The zero-order valence-corrected chi connectivity index (χ0v) is 40.5. The fourth-order valence-corrected chi connectivity index (χ4v) is 8.70. The lowest BCUT2D eigenvalue weighted by Gasteiger charge is -2.27. The second kappa shape index (κ2) is 49.1. The predicted molar refractivity (Wildman–Crippen MR) is 261 cm³/mol. The van der Waals surface area contributed by atoms with Gasteiger partial charge >= 0.3 is 0 Å². The number of rotatable bonds is 50. The molecule has 6 heteroatoms. The van der Waals surface area contributed by atoms with E-state index in [1.54, 1.807) is 0 Å². The Bertz CT molecular complexity index is 867. The predicted octanol–water partition coefficient (Wildman–Crippen LogP) is 15.3. The van der Waals surface area contributed by atoms with Crippen molar-refractivity contribution < 1.29 is 25.2 Å². The Balaban J connectivity index is 3.64. The lowest BCUT2D eigenvalue weighted by atomic mass is 10.00. The van der Waals surface area contributed by atoms with E-state index in [0.717, 1.165) is 38.5 Å². The molecule has 0 aliphatic carbocycles. The van der Waals surface area contributed by atoms with Crippen LogP contribution in [0.25, 0.3) is 0 Å². The molecule has 5 N–H and O–H groups in total. The average molecular weight is 850 g/mol. The zero-order valence-electron chi connectivity index (χ0n) is 40.5. The molecule has 1 amide bonds. The Morgan fingerprint density at radius 3 is 1.00 bits per heavy atom. The van der Waals surface area contributed by atoms with Gasteiger partial charge in [0.25, 0.3) is 0 Å². The number of aliphatic hydroxyl groups excluding tert-OH is 4. The highest BCUT2D eigenvalue weighted by Gasteiger charge is 2.28. The minimum Gasteiger partial charge on any atom is -0.394 e. The first kappa shape index (κ1) is 59.0. The molecule has 0 bridgehead atoms. The fourth-order valence-electron chi connectivity index (χ4n) is 8.70. The largest absolute Gasteiger partial charge is 0.394 e. The molecule has 0 saturated heterocycles. The number of carbonyl (C=O) groups is 1. The Morgan fingerprint density at radius 1 is 0.400 bits per heavy atom. The standard InChI is InChI=1S/C54H107NO5/c1-3-5-7-9-11-13-15-17-19-21-23-24-25-26-27-28-29-30-32-33-35-37-39-41-43-45-47-51(57)53(59)50(49-56)55-54(60)52(58)48-46-44-42-40-38-36-34-31-22-20-18-16-14-12-10-8-6-4-2/h39,41,50-53,56-59H,3-38,40,42-49H2,1-2H3,(H,55,60)/b41-39+. The molecule has 0 aliphatic rings. The van der Waals surface area contributed by atoms with Crippen LogP contribution in [0.3, 0.4) is 0 Å². The van der Waals surface area contributed by atoms with Crippen LogP contribution in [0, 0.1) is 0 Å². The summed E-state index contributed by atoms with van der Waals surface area (Å²) >= 11 is 0. The van der Waals surface area contributed by atoms with Crippen molar-refractivity contribution in [1.29, 1.82) is 0 Å². The number of carbonyl (C=O) groups excluding carboxylic acids is 1. The van der Waals surface area contributed by atoms with Crippen LogP contribution >= 0.6 is 0 Å². The molecule has 0 aromatic heterocycles. The summed E-state index contributed by atoms with van der Waals surface area (Å²) in [6, 6.07) is -0.998. The maximum absolute atomic E-state index is 12.6. The highest BCUT2D eigenvalue weighted by molar-refractivity contribution is 5.80. The third-order valence-corrected chi connectivity index (χ3v) is 13.0. The molecule has 358 valence electrons. The van der Waals surface area contributed by atoms with Gasteiger partial charge in [-0.1, -0.05) is 270 Å². The van der Waals surface area contributed by atoms with Crippen LogP contribution in [0.2, 0.25) is 0 Å². The summed E-state index contributed by atoms with van der Waals surface area (Å²) in [5.41, 5.74) is 0. The maximum atomic E-state index is 12.6. The van der Waals surface area contributed by atoms with E-state index in [0.29, 0.717) is 12.8 Å². The highest BCUT2D eigenvalue weighted by atomic mass is 16.3. The summed E-state index contributed by atoms with van der Waals surface area (Å²) in [6.45, 7) is 4.08. The quantitative estimate of drug-likeness (QED) is 0.0309. The summed E-state index contributed by atoms with van der Waals surface area (Å²) in [5, 5.41) is 43.9. The van der Waals surface area contributed by atoms with Crippen LogP contribution in [0.4, 0.5) is 0 Å². The van der Waals surface area contributed by atoms with Gasteiger partial charge in [0.1, 0.15) is 12.2 Å². The second-order valence-corrected chi connectivity index (χ2v) is 18.9. The van der Waals surface area contributed by atoms with Crippen LogP contribution in [0.15, 0.2) is 12.2 Å². The van der Waals surface area contributed by atoms with Crippen LogP contribution in [0.5, 0.6) is 0 Å². The summed E-state index contributed by atoms with van der Waals surface area (Å²) in [4.78, 5) is 12.6. The Kier molecular flexibility index (Phi) is 48.3. The van der Waals surface area contributed by atoms with Crippen molar-refractivity contribution in [2.45, 2.75) is 321 Å². The molecule has 4 unspecified atom stereocenters. The molecule has 0 rings (SSSR count). The van der Waals surface area contributed by atoms with Crippen LogP contribution < -0.4 is 5.32 Å². The van der Waals surface area contributed by atoms with Crippen molar-refractivity contribution >= 4 is 5.91 Å². The number of amides is 1. The summed E-state index contributed by atoms with van der Waals surface area (Å²) in [5.74, 6) is -0.588. The van der Waals surface area contributed by atoms with Crippen molar-refractivity contribution in [1.82, 2.24) is 5.32 Å². The molecule has 0 saturated carbocycles. The van der Waals surface area contributed by atoms with Gasteiger partial charge in [0.15, 0.2) is 0 Å². The molecule has 0 radical (unpaired) electrons. The molecule has 0 heterocycles. The zero-order chi connectivity index (χ0) is 43.8. The molecule has 4 atom stereocenters. The lowest BCUT2D eigenvalue weighted by molar-refractivity contribution is -0.132. The van der Waals surface area contributed by atoms with E-state index in [2.05, 4.69) is 31.3 Å². The van der Waals surface area contributed by atoms with Crippen molar-refractivity contribution in [3.05, 3.63) is 12.2 Å². The number of unbranched alkanes of at least 4 members (excludes halogenated alkanes) is 39. The first-order valence-electron chi connectivity index (χ1n) is 27.1. The molecule has 6 nitrogen and oxygen atoms in total. The van der Waals surface area contributed by atoms with E-state index >= 15 is 0 Å². The van der Waals surface area contributed by atoms with Gasteiger partial charge in [0.05, 0.1) is 18.8 Å². The number of allylic oxidation sites excluding steroid dienone is 2. The second-order valence-electron chi connectivity index (χ2n) is 18.9. The van der Waals surface area contributed by atoms with E-state index in [4.69, 9.17) is 0 Å². The number of hydrogen-bond acceptors (Lipinski definition) is 5. The minimum atomic E-state index is -1.28. The van der Waals surface area contributed by atoms with Crippen molar-refractivity contribution in [2.75, 3.05) is 6.61 Å². The fraction of sp³-hybridized carbons (Fsp3) is 0.944. The molecule has 0 aliphatic heterocycles. The first-order valence-corrected chi connectivity index (χ1v) is 27.1. The smallest absolute Gasteiger partial charge is 0.249 e. The third-order valence-electron chi connectivity index (χ3n) is 13.0. The average Bonchev–Trinajstić information content (AvgIpc) is 3.25. The summed E-state index contributed by atoms with van der Waals surface area (Å²) < 4.78 is 0. The van der Waals surface area contributed by atoms with Gasteiger partial charge in [-0.15, -0.1) is 0 Å². The Morgan fingerprint density at radius 2 is 0.683 bits per heavy atom. The van der Waals surface area contributed by atoms with Crippen LogP contribution in [-0.2, 0) is 4.79 Å². The van der Waals surface area contributed by atoms with Gasteiger partial charge in [0.2, 0.25) is 5.91 Å². The summed E-state index contributed by atoms with van der Waals surface area (Å²) in [6.07, 6.45) is 57.0. The van der Waals surface area contributed by atoms with Crippen molar-refractivity contribution in [3.63, 3.8) is 0 Å². The van der Waals surface area contributed by atoms with E-state index in [1.807, 2.05) is 0 Å². The van der Waals surface area contributed by atoms with Crippen molar-refractivity contribution in [3.8, 4) is 0 Å². The van der Waals surface area contributed by atoms with Gasteiger partial charge in [-0.2, -0.15) is 0 Å². The lowest BCUT2D eigenvalue weighted by Crippen LogP contribution is -2.53. The number of hydrogen-bond donors (Lipinski definition) is 5. The third kappa shape index (κ3) is 42.4. The number of aliphatic hydroxyl groups is 4.